The van der Waals surface area contributed by atoms with Gasteiger partial charge in [0, 0.05) is 5.39 Å². The summed E-state index contributed by atoms with van der Waals surface area (Å²) in [4.78, 5) is 38.6. The van der Waals surface area contributed by atoms with Gasteiger partial charge >= 0.3 is 0 Å². The number of hydrogen-bond donors (Lipinski definition) is 2. The number of aromatic nitrogens is 2. The molecule has 4 unspecified atom stereocenters. The summed E-state index contributed by atoms with van der Waals surface area (Å²) in [5.74, 6) is -1.63. The van der Waals surface area contributed by atoms with Crippen molar-refractivity contribution < 1.29 is 18.8 Å². The van der Waals surface area contributed by atoms with Gasteiger partial charge in [0.15, 0.2) is 5.82 Å². The van der Waals surface area contributed by atoms with Crippen molar-refractivity contribution in [2.45, 2.75) is 6.42 Å². The quantitative estimate of drug-likeness (QED) is 0.644. The topological polar surface area (TPSA) is 95.2 Å². The molecule has 1 saturated carbocycles. The zero-order chi connectivity index (χ0) is 18.0. The van der Waals surface area contributed by atoms with Crippen molar-refractivity contribution in [1.82, 2.24) is 15.1 Å². The number of benzene rings is 1. The van der Waals surface area contributed by atoms with Crippen LogP contribution in [0, 0.1) is 29.5 Å². The molecule has 132 valence electrons. The molecule has 2 N–H and O–H groups in total. The molecule has 3 amide bonds. The predicted octanol–water partition coefficient (Wildman–Crippen LogP) is 1.45. The Morgan fingerprint density at radius 3 is 2.62 bits per heavy atom. The number of imide groups is 1. The molecule has 1 aromatic heterocycles. The van der Waals surface area contributed by atoms with Crippen molar-refractivity contribution in [2.24, 2.45) is 23.7 Å². The minimum atomic E-state index is -0.510. The van der Waals surface area contributed by atoms with Gasteiger partial charge in [-0.2, -0.15) is 5.10 Å². The predicted molar refractivity (Wildman–Crippen MR) is 89.1 cm³/mol. The van der Waals surface area contributed by atoms with Crippen LogP contribution in [0.5, 0.6) is 0 Å². The van der Waals surface area contributed by atoms with E-state index in [4.69, 9.17) is 0 Å². The lowest BCUT2D eigenvalue weighted by Crippen LogP contribution is -2.39. The number of nitrogens with zero attached hydrogens (tertiary/aromatic N) is 2. The van der Waals surface area contributed by atoms with E-state index in [1.807, 2.05) is 12.2 Å². The smallest absolute Gasteiger partial charge is 0.245 e. The molecule has 4 atom stereocenters. The second-order valence-corrected chi connectivity index (χ2v) is 7.07. The number of halogens is 1. The second-order valence-electron chi connectivity index (χ2n) is 7.07. The van der Waals surface area contributed by atoms with Gasteiger partial charge in [-0.05, 0) is 36.5 Å². The van der Waals surface area contributed by atoms with Crippen LogP contribution in [0.1, 0.15) is 6.42 Å². The highest BCUT2D eigenvalue weighted by molar-refractivity contribution is 6.10. The highest BCUT2D eigenvalue weighted by atomic mass is 19.1. The van der Waals surface area contributed by atoms with Crippen LogP contribution < -0.4 is 5.32 Å². The first-order valence-corrected chi connectivity index (χ1v) is 8.50. The zero-order valence-corrected chi connectivity index (χ0v) is 13.6. The van der Waals surface area contributed by atoms with Crippen LogP contribution in [0.2, 0.25) is 0 Å². The monoisotopic (exact) mass is 354 g/mol. The van der Waals surface area contributed by atoms with Gasteiger partial charge in [0.05, 0.1) is 17.4 Å². The van der Waals surface area contributed by atoms with E-state index in [2.05, 4.69) is 15.5 Å². The van der Waals surface area contributed by atoms with E-state index in [-0.39, 0.29) is 47.8 Å². The maximum atomic E-state index is 13.2. The van der Waals surface area contributed by atoms with Crippen molar-refractivity contribution in [3.8, 4) is 0 Å². The Morgan fingerprint density at radius 1 is 1.23 bits per heavy atom. The fourth-order valence-electron chi connectivity index (χ4n) is 4.52. The maximum absolute atomic E-state index is 13.2. The lowest BCUT2D eigenvalue weighted by molar-refractivity contribution is -0.143. The Balaban J connectivity index is 1.33. The minimum absolute atomic E-state index is 0.111. The summed E-state index contributed by atoms with van der Waals surface area (Å²) in [6.45, 7) is -0.334. The zero-order valence-electron chi connectivity index (χ0n) is 13.6. The Bertz CT molecular complexity index is 967. The Kier molecular flexibility index (Phi) is 3.07. The fourth-order valence-corrected chi connectivity index (χ4v) is 4.52. The number of aromatic amines is 1. The van der Waals surface area contributed by atoms with E-state index in [1.54, 1.807) is 0 Å². The van der Waals surface area contributed by atoms with Crippen LogP contribution >= 0.6 is 0 Å². The molecule has 7 nitrogen and oxygen atoms in total. The molecular weight excluding hydrogens is 339 g/mol. The van der Waals surface area contributed by atoms with Crippen molar-refractivity contribution >= 4 is 34.4 Å². The highest BCUT2D eigenvalue weighted by Crippen LogP contribution is 2.52. The van der Waals surface area contributed by atoms with Gasteiger partial charge in [0.2, 0.25) is 17.7 Å². The van der Waals surface area contributed by atoms with E-state index in [0.717, 1.165) is 11.3 Å². The molecule has 5 rings (SSSR count). The molecule has 1 aromatic carbocycles. The third kappa shape index (κ3) is 2.04. The summed E-state index contributed by atoms with van der Waals surface area (Å²) in [5.41, 5.74) is 0.450. The number of fused-ring (bicyclic) bond motifs is 6. The molecule has 0 radical (unpaired) electrons. The number of carbonyl (C=O) groups excluding carboxylic acids is 3. The number of likely N-dealkylation sites (tertiary alicyclic amines) is 1. The van der Waals surface area contributed by atoms with Crippen LogP contribution in [-0.4, -0.2) is 39.4 Å². The van der Waals surface area contributed by atoms with Gasteiger partial charge in [-0.15, -0.1) is 0 Å². The van der Waals surface area contributed by atoms with Crippen LogP contribution in [0.25, 0.3) is 10.9 Å². The number of hydrogen-bond acceptors (Lipinski definition) is 4. The summed E-state index contributed by atoms with van der Waals surface area (Å²) < 4.78 is 13.2. The van der Waals surface area contributed by atoms with Gasteiger partial charge in [-0.1, -0.05) is 12.2 Å². The highest BCUT2D eigenvalue weighted by Gasteiger charge is 2.59. The van der Waals surface area contributed by atoms with Gasteiger partial charge in [-0.25, -0.2) is 4.39 Å². The summed E-state index contributed by atoms with van der Waals surface area (Å²) >= 11 is 0. The molecule has 2 heterocycles. The molecule has 3 aliphatic rings. The first-order chi connectivity index (χ1) is 12.5. The number of rotatable bonds is 3. The van der Waals surface area contributed by atoms with Gasteiger partial charge in [0.1, 0.15) is 12.4 Å². The van der Waals surface area contributed by atoms with Crippen molar-refractivity contribution in [3.63, 3.8) is 0 Å². The van der Waals surface area contributed by atoms with Gasteiger partial charge < -0.3 is 5.32 Å². The number of amides is 3. The number of carbonyl (C=O) groups is 3. The van der Waals surface area contributed by atoms with Crippen LogP contribution in [0.15, 0.2) is 30.4 Å². The SMILES string of the molecule is O=C(CN1C(=O)C2C3C=CC(C3)C2C1=O)Nc1n[nH]c2cc(F)ccc12. The minimum Gasteiger partial charge on any atom is -0.307 e. The lowest BCUT2D eigenvalue weighted by atomic mass is 9.85. The molecule has 1 saturated heterocycles. The van der Waals surface area contributed by atoms with Crippen molar-refractivity contribution in [2.75, 3.05) is 11.9 Å². The van der Waals surface area contributed by atoms with Crippen LogP contribution in [0.3, 0.4) is 0 Å². The molecule has 2 aromatic rings. The van der Waals surface area contributed by atoms with Crippen molar-refractivity contribution in [3.05, 3.63) is 36.2 Å². The molecule has 2 aliphatic carbocycles. The van der Waals surface area contributed by atoms with Gasteiger partial charge in [-0.3, -0.25) is 24.4 Å². The molecule has 2 bridgehead atoms. The fraction of sp³-hybridized carbons (Fsp3) is 0.333. The number of anilines is 1. The molecule has 26 heavy (non-hydrogen) atoms. The molecule has 8 heteroatoms. The van der Waals surface area contributed by atoms with Crippen molar-refractivity contribution in [1.29, 1.82) is 0 Å². The standard InChI is InChI=1S/C18H15FN4O3/c19-10-3-4-11-12(6-10)21-22-16(11)20-13(24)7-23-17(25)14-8-1-2-9(5-8)15(14)18(23)26/h1-4,6,8-9,14-15H,5,7H2,(H2,20,21,22,24). The van der Waals surface area contributed by atoms with E-state index in [1.165, 1.54) is 18.2 Å². The number of nitrogens with one attached hydrogen (secondary N) is 2. The van der Waals surface area contributed by atoms with E-state index >= 15 is 0 Å². The van der Waals surface area contributed by atoms with Gasteiger partial charge in [0.25, 0.3) is 0 Å². The summed E-state index contributed by atoms with van der Waals surface area (Å²) in [6.07, 6.45) is 4.87. The first-order valence-electron chi connectivity index (χ1n) is 8.50. The van der Waals surface area contributed by atoms with Crippen LogP contribution in [0.4, 0.5) is 10.2 Å². The Morgan fingerprint density at radius 2 is 1.92 bits per heavy atom. The average Bonchev–Trinajstić information content (AvgIpc) is 3.36. The maximum Gasteiger partial charge on any atom is 0.245 e. The second kappa shape index (κ2) is 5.23. The third-order valence-electron chi connectivity index (χ3n) is 5.65. The molecule has 1 aliphatic heterocycles. The summed E-state index contributed by atoms with van der Waals surface area (Å²) in [6, 6.07) is 4.05. The normalized spacial score (nSPS) is 29.0. The van der Waals surface area contributed by atoms with E-state index in [0.29, 0.717) is 10.9 Å². The first kappa shape index (κ1) is 15.2. The lowest BCUT2D eigenvalue weighted by Gasteiger charge is -2.16. The molecule has 0 spiro atoms. The summed E-state index contributed by atoms with van der Waals surface area (Å²) in [5, 5.41) is 9.74. The number of allylic oxidation sites excluding steroid dienone is 2. The van der Waals surface area contributed by atoms with E-state index < -0.39 is 11.7 Å². The molecular formula is C18H15FN4O3. The van der Waals surface area contributed by atoms with E-state index in [9.17, 15) is 18.8 Å². The largest absolute Gasteiger partial charge is 0.307 e. The average molecular weight is 354 g/mol. The Hall–Kier alpha value is -3.03. The third-order valence-corrected chi connectivity index (χ3v) is 5.65. The van der Waals surface area contributed by atoms with Crippen LogP contribution in [-0.2, 0) is 14.4 Å². The number of H-pyrrole nitrogens is 1. The molecule has 2 fully saturated rings. The summed E-state index contributed by atoms with van der Waals surface area (Å²) in [7, 11) is 0. The Labute approximate surface area is 147 Å².